The molecule has 0 radical (unpaired) electrons. The third-order valence-electron chi connectivity index (χ3n) is 7.78. The maximum absolute atomic E-state index is 14.0. The molecule has 2 aliphatic rings. The number of carbonyl (C=O) groups excluding carboxylic acids is 2. The first-order valence-corrected chi connectivity index (χ1v) is 14.4. The van der Waals surface area contributed by atoms with E-state index in [1.54, 1.807) is 25.5 Å². The van der Waals surface area contributed by atoms with Crippen molar-refractivity contribution in [1.82, 2.24) is 20.5 Å². The van der Waals surface area contributed by atoms with Gasteiger partial charge in [0, 0.05) is 22.9 Å². The summed E-state index contributed by atoms with van der Waals surface area (Å²) in [4.78, 5) is 33.8. The Balaban J connectivity index is 1.43. The number of rotatable bonds is 8. The molecular weight excluding hydrogens is 496 g/mol. The molecule has 0 spiro atoms. The molecule has 200 valence electrons. The zero-order chi connectivity index (χ0) is 26.6. The summed E-state index contributed by atoms with van der Waals surface area (Å²) in [7, 11) is 3.44. The number of aromatic nitrogens is 1. The van der Waals surface area contributed by atoms with Crippen LogP contribution in [0.4, 0.5) is 0 Å². The smallest absolute Gasteiger partial charge is 0.250 e. The van der Waals surface area contributed by atoms with E-state index in [4.69, 9.17) is 9.72 Å². The van der Waals surface area contributed by atoms with Gasteiger partial charge in [-0.3, -0.25) is 9.59 Å². The van der Waals surface area contributed by atoms with E-state index < -0.39 is 6.04 Å². The Morgan fingerprint density at radius 1 is 1.13 bits per heavy atom. The number of hydrogen-bond donors (Lipinski definition) is 2. The molecule has 5 rings (SSSR count). The predicted octanol–water partition coefficient (Wildman–Crippen LogP) is 5.23. The van der Waals surface area contributed by atoms with Gasteiger partial charge >= 0.3 is 0 Å². The lowest BCUT2D eigenvalue weighted by Gasteiger charge is -2.31. The summed E-state index contributed by atoms with van der Waals surface area (Å²) >= 11 is 1.60. The van der Waals surface area contributed by atoms with Crippen LogP contribution in [0.15, 0.2) is 53.4 Å². The summed E-state index contributed by atoms with van der Waals surface area (Å²) in [6.07, 6.45) is 7.90. The Bertz CT molecular complexity index is 1350. The van der Waals surface area contributed by atoms with Gasteiger partial charge in [0.2, 0.25) is 11.8 Å². The number of carbonyl (C=O) groups is 2. The van der Waals surface area contributed by atoms with Crippen LogP contribution in [-0.4, -0.2) is 54.5 Å². The number of benzene rings is 2. The molecule has 7 nitrogen and oxygen atoms in total. The van der Waals surface area contributed by atoms with Gasteiger partial charge in [0.05, 0.1) is 24.9 Å². The van der Waals surface area contributed by atoms with Crippen molar-refractivity contribution in [2.75, 3.05) is 20.7 Å². The van der Waals surface area contributed by atoms with E-state index in [1.165, 1.54) is 0 Å². The number of allylic oxidation sites excluding steroid dienone is 1. The van der Waals surface area contributed by atoms with E-state index in [0.29, 0.717) is 6.54 Å². The lowest BCUT2D eigenvalue weighted by atomic mass is 9.92. The zero-order valence-electron chi connectivity index (χ0n) is 22.3. The van der Waals surface area contributed by atoms with E-state index in [2.05, 4.69) is 40.3 Å². The van der Waals surface area contributed by atoms with Crippen molar-refractivity contribution < 1.29 is 14.3 Å². The third kappa shape index (κ3) is 5.20. The summed E-state index contributed by atoms with van der Waals surface area (Å²) in [5, 5.41) is 11.2. The minimum absolute atomic E-state index is 0.0241. The highest BCUT2D eigenvalue weighted by Crippen LogP contribution is 2.39. The molecule has 0 unspecified atom stereocenters. The van der Waals surface area contributed by atoms with Crippen LogP contribution < -0.4 is 15.4 Å². The Labute approximate surface area is 228 Å². The maximum atomic E-state index is 14.0. The molecule has 1 saturated heterocycles. The number of nitrogens with one attached hydrogen (secondary N) is 2. The monoisotopic (exact) mass is 532 g/mol. The van der Waals surface area contributed by atoms with Gasteiger partial charge in [-0.25, -0.2) is 4.98 Å². The second-order valence-corrected chi connectivity index (χ2v) is 11.0. The van der Waals surface area contributed by atoms with Crippen LogP contribution in [-0.2, 0) is 9.59 Å². The molecule has 3 atom stereocenters. The van der Waals surface area contributed by atoms with Crippen LogP contribution in [0.25, 0.3) is 22.0 Å². The minimum atomic E-state index is -0.621. The summed E-state index contributed by atoms with van der Waals surface area (Å²) in [5.41, 5.74) is 3.00. The highest BCUT2D eigenvalue weighted by molar-refractivity contribution is 7.10. The molecule has 1 aliphatic carbocycles. The number of likely N-dealkylation sites (N-methyl/N-ethyl adjacent to an activating group) is 1. The lowest BCUT2D eigenvalue weighted by molar-refractivity contribution is -0.136. The fourth-order valence-corrected chi connectivity index (χ4v) is 6.49. The van der Waals surface area contributed by atoms with E-state index in [9.17, 15) is 9.59 Å². The second-order valence-electron chi connectivity index (χ2n) is 10.1. The molecule has 1 aromatic heterocycles. The zero-order valence-corrected chi connectivity index (χ0v) is 23.1. The Hall–Kier alpha value is -3.23. The molecule has 0 saturated carbocycles. The van der Waals surface area contributed by atoms with Crippen molar-refractivity contribution in [3.63, 3.8) is 0 Å². The largest absolute Gasteiger partial charge is 0.496 e. The molecule has 2 aromatic carbocycles. The third-order valence-corrected chi connectivity index (χ3v) is 8.73. The second kappa shape index (κ2) is 11.7. The van der Waals surface area contributed by atoms with Crippen molar-refractivity contribution in [2.24, 2.45) is 0 Å². The predicted molar refractivity (Wildman–Crippen MR) is 152 cm³/mol. The van der Waals surface area contributed by atoms with Crippen LogP contribution in [0.5, 0.6) is 5.75 Å². The maximum Gasteiger partial charge on any atom is 0.250 e. The first-order chi connectivity index (χ1) is 18.5. The molecule has 0 bridgehead atoms. The standard InChI is InChI=1S/C30H36N4O3S/c1-19(31-2)28(35)33-27(20-10-5-4-6-11-20)30(36)34-17-9-14-25(34)29-32-24(18-38-29)22-15-16-26(37-3)23-13-8-7-12-21(22)23/h7-8,10,12-13,15-16,18-19,25,27,31H,4-6,9,11,14,17H2,1-3H3,(H,33,35)/t19-,25-,27-/m0/s1. The number of likely N-dealkylation sites (tertiary alicyclic amines) is 1. The number of fused-ring (bicyclic) bond motifs is 1. The average Bonchev–Trinajstić information content (AvgIpc) is 3.65. The topological polar surface area (TPSA) is 83.6 Å². The van der Waals surface area contributed by atoms with Crippen LogP contribution in [0, 0.1) is 0 Å². The number of methoxy groups -OCH3 is 1. The van der Waals surface area contributed by atoms with E-state index in [1.807, 2.05) is 30.0 Å². The molecule has 1 fully saturated rings. The van der Waals surface area contributed by atoms with Gasteiger partial charge in [0.15, 0.2) is 0 Å². The summed E-state index contributed by atoms with van der Waals surface area (Å²) in [6.45, 7) is 2.48. The van der Waals surface area contributed by atoms with E-state index >= 15 is 0 Å². The molecule has 8 heteroatoms. The van der Waals surface area contributed by atoms with Crippen molar-refractivity contribution in [3.8, 4) is 17.0 Å². The van der Waals surface area contributed by atoms with Crippen molar-refractivity contribution in [3.05, 3.63) is 58.4 Å². The minimum Gasteiger partial charge on any atom is -0.496 e. The normalized spacial score (nSPS) is 19.2. The Kier molecular flexibility index (Phi) is 8.09. The fourth-order valence-electron chi connectivity index (χ4n) is 5.53. The quantitative estimate of drug-likeness (QED) is 0.388. The van der Waals surface area contributed by atoms with Gasteiger partial charge in [-0.2, -0.15) is 0 Å². The average molecular weight is 533 g/mol. The first kappa shape index (κ1) is 26.4. The fraction of sp³-hybridized carbons (Fsp3) is 0.433. The number of thiazole rings is 1. The summed E-state index contributed by atoms with van der Waals surface area (Å²) < 4.78 is 5.57. The van der Waals surface area contributed by atoms with Crippen LogP contribution >= 0.6 is 11.3 Å². The molecule has 38 heavy (non-hydrogen) atoms. The van der Waals surface area contributed by atoms with Gasteiger partial charge in [-0.05, 0) is 75.6 Å². The van der Waals surface area contributed by atoms with Gasteiger partial charge < -0.3 is 20.3 Å². The Morgan fingerprint density at radius 2 is 1.95 bits per heavy atom. The van der Waals surface area contributed by atoms with Gasteiger partial charge in [0.25, 0.3) is 0 Å². The number of hydrogen-bond acceptors (Lipinski definition) is 6. The van der Waals surface area contributed by atoms with Crippen LogP contribution in [0.3, 0.4) is 0 Å². The first-order valence-electron chi connectivity index (χ1n) is 13.5. The molecule has 2 amide bonds. The molecule has 3 aromatic rings. The number of nitrogens with zero attached hydrogens (tertiary/aromatic N) is 2. The highest BCUT2D eigenvalue weighted by atomic mass is 32.1. The molecular formula is C30H36N4O3S. The Morgan fingerprint density at radius 3 is 2.68 bits per heavy atom. The van der Waals surface area contributed by atoms with Crippen LogP contribution in [0.2, 0.25) is 0 Å². The van der Waals surface area contributed by atoms with E-state index in [-0.39, 0.29) is 23.9 Å². The van der Waals surface area contributed by atoms with Crippen molar-refractivity contribution >= 4 is 33.9 Å². The van der Waals surface area contributed by atoms with Gasteiger partial charge in [-0.15, -0.1) is 11.3 Å². The number of amides is 2. The molecule has 2 N–H and O–H groups in total. The van der Waals surface area contributed by atoms with Gasteiger partial charge in [0.1, 0.15) is 16.8 Å². The van der Waals surface area contributed by atoms with Crippen molar-refractivity contribution in [2.45, 2.75) is 63.6 Å². The molecule has 1 aliphatic heterocycles. The summed E-state index contributed by atoms with van der Waals surface area (Å²) in [5.74, 6) is 0.657. The number of ether oxygens (including phenoxy) is 1. The highest BCUT2D eigenvalue weighted by Gasteiger charge is 2.38. The van der Waals surface area contributed by atoms with Crippen molar-refractivity contribution in [1.29, 1.82) is 0 Å². The SMILES string of the molecule is CN[C@@H](C)C(=O)N[C@H](C(=O)N1CCC[C@H]1c1nc(-c2ccc(OC)c3ccccc23)cs1)C1=CCCCC1. The molecule has 2 heterocycles. The van der Waals surface area contributed by atoms with Crippen LogP contribution in [0.1, 0.15) is 56.5 Å². The summed E-state index contributed by atoms with van der Waals surface area (Å²) in [6, 6.07) is 11.2. The lowest BCUT2D eigenvalue weighted by Crippen LogP contribution is -2.53. The van der Waals surface area contributed by atoms with E-state index in [0.717, 1.165) is 76.9 Å². The van der Waals surface area contributed by atoms with Gasteiger partial charge in [-0.1, -0.05) is 30.3 Å².